The Hall–Kier alpha value is -1.72. The number of fused-ring (bicyclic) bond motifs is 1. The van der Waals surface area contributed by atoms with Crippen LogP contribution in [0.25, 0.3) is 0 Å². The van der Waals surface area contributed by atoms with E-state index in [2.05, 4.69) is 10.6 Å². The summed E-state index contributed by atoms with van der Waals surface area (Å²) in [6, 6.07) is 2.92. The van der Waals surface area contributed by atoms with E-state index in [1.54, 1.807) is 6.07 Å². The average molecular weight is 258 g/mol. The van der Waals surface area contributed by atoms with Crippen molar-refractivity contribution in [2.75, 3.05) is 5.32 Å². The first-order valence-corrected chi connectivity index (χ1v) is 5.58. The maximum Gasteiger partial charge on any atom is 0.418 e. The number of hydrogen-bond donors (Lipinski definition) is 2. The van der Waals surface area contributed by atoms with Gasteiger partial charge >= 0.3 is 12.2 Å². The minimum Gasteiger partial charge on any atom is -0.331 e. The number of amides is 2. The Labute approximate surface area is 102 Å². The van der Waals surface area contributed by atoms with Crippen molar-refractivity contribution in [3.05, 3.63) is 29.3 Å². The molecule has 2 rings (SSSR count). The Morgan fingerprint density at radius 1 is 1.28 bits per heavy atom. The summed E-state index contributed by atoms with van der Waals surface area (Å²) in [6.07, 6.45) is -4.47. The standard InChI is InChI=1S/C12H13F3N2O/c1-6(2)9-7-4-3-5-8(12(13,14)15)10(7)17-11(18)16-9/h3-6,9H,1-2H3,(H2,16,17,18). The van der Waals surface area contributed by atoms with E-state index in [-0.39, 0.29) is 11.6 Å². The van der Waals surface area contributed by atoms with Gasteiger partial charge in [-0.25, -0.2) is 4.79 Å². The summed E-state index contributed by atoms with van der Waals surface area (Å²) in [4.78, 5) is 11.4. The highest BCUT2D eigenvalue weighted by atomic mass is 19.4. The highest BCUT2D eigenvalue weighted by molar-refractivity contribution is 5.94. The molecule has 6 heteroatoms. The number of nitrogens with one attached hydrogen (secondary N) is 2. The van der Waals surface area contributed by atoms with Gasteiger partial charge in [0.15, 0.2) is 0 Å². The molecular formula is C12H13F3N2O. The van der Waals surface area contributed by atoms with Gasteiger partial charge in [-0.1, -0.05) is 26.0 Å². The van der Waals surface area contributed by atoms with Crippen molar-refractivity contribution in [3.63, 3.8) is 0 Å². The summed E-state index contributed by atoms with van der Waals surface area (Å²) in [5.74, 6) is 0.0123. The van der Waals surface area contributed by atoms with Crippen LogP contribution in [0, 0.1) is 5.92 Å². The van der Waals surface area contributed by atoms with E-state index in [1.807, 2.05) is 13.8 Å². The molecule has 1 atom stereocenters. The molecular weight excluding hydrogens is 245 g/mol. The predicted molar refractivity (Wildman–Crippen MR) is 61.2 cm³/mol. The molecule has 0 radical (unpaired) electrons. The normalized spacial score (nSPS) is 19.2. The minimum absolute atomic E-state index is 0.0123. The second-order valence-corrected chi connectivity index (χ2v) is 4.59. The first kappa shape index (κ1) is 12.7. The zero-order valence-electron chi connectivity index (χ0n) is 9.93. The summed E-state index contributed by atoms with van der Waals surface area (Å²) < 4.78 is 38.6. The summed E-state index contributed by atoms with van der Waals surface area (Å²) in [6.45, 7) is 3.70. The van der Waals surface area contributed by atoms with E-state index < -0.39 is 23.8 Å². The predicted octanol–water partition coefficient (Wildman–Crippen LogP) is 3.54. The van der Waals surface area contributed by atoms with E-state index in [1.165, 1.54) is 6.07 Å². The van der Waals surface area contributed by atoms with Crippen LogP contribution in [0.4, 0.5) is 23.7 Å². The molecule has 1 aliphatic heterocycles. The fourth-order valence-electron chi connectivity index (χ4n) is 2.10. The Bertz CT molecular complexity index is 483. The molecule has 1 aliphatic rings. The van der Waals surface area contributed by atoms with Gasteiger partial charge in [0.25, 0.3) is 0 Å². The van der Waals surface area contributed by atoms with Crippen molar-refractivity contribution < 1.29 is 18.0 Å². The first-order chi connectivity index (χ1) is 8.30. The second kappa shape index (κ2) is 4.19. The number of halogens is 3. The lowest BCUT2D eigenvalue weighted by Gasteiger charge is -2.31. The lowest BCUT2D eigenvalue weighted by atomic mass is 9.91. The highest BCUT2D eigenvalue weighted by Crippen LogP contribution is 2.41. The Morgan fingerprint density at radius 3 is 2.50 bits per heavy atom. The van der Waals surface area contributed by atoms with Crippen LogP contribution in [0.1, 0.15) is 31.0 Å². The van der Waals surface area contributed by atoms with Crippen molar-refractivity contribution in [2.24, 2.45) is 5.92 Å². The molecule has 3 nitrogen and oxygen atoms in total. The molecule has 0 fully saturated rings. The summed E-state index contributed by atoms with van der Waals surface area (Å²) in [5.41, 5.74) is -0.465. The van der Waals surface area contributed by atoms with E-state index in [9.17, 15) is 18.0 Å². The van der Waals surface area contributed by atoms with Crippen LogP contribution < -0.4 is 10.6 Å². The van der Waals surface area contributed by atoms with Crippen LogP contribution in [0.15, 0.2) is 18.2 Å². The molecule has 1 unspecified atom stereocenters. The number of urea groups is 1. The van der Waals surface area contributed by atoms with E-state index >= 15 is 0 Å². The molecule has 2 N–H and O–H groups in total. The Balaban J connectivity index is 2.58. The molecule has 0 spiro atoms. The number of carbonyl (C=O) groups is 1. The first-order valence-electron chi connectivity index (χ1n) is 5.58. The van der Waals surface area contributed by atoms with Gasteiger partial charge in [-0.3, -0.25) is 0 Å². The van der Waals surface area contributed by atoms with Crippen LogP contribution in [-0.4, -0.2) is 6.03 Å². The molecule has 0 saturated carbocycles. The number of para-hydroxylation sites is 1. The van der Waals surface area contributed by atoms with E-state index in [0.717, 1.165) is 6.07 Å². The van der Waals surface area contributed by atoms with Crippen molar-refractivity contribution >= 4 is 11.7 Å². The minimum atomic E-state index is -4.47. The number of benzene rings is 1. The van der Waals surface area contributed by atoms with Crippen molar-refractivity contribution in [3.8, 4) is 0 Å². The zero-order valence-corrected chi connectivity index (χ0v) is 9.93. The van der Waals surface area contributed by atoms with Gasteiger partial charge in [-0.2, -0.15) is 13.2 Å². The zero-order chi connectivity index (χ0) is 13.5. The molecule has 2 amide bonds. The molecule has 98 valence electrons. The molecule has 18 heavy (non-hydrogen) atoms. The van der Waals surface area contributed by atoms with Crippen molar-refractivity contribution in [2.45, 2.75) is 26.1 Å². The van der Waals surface area contributed by atoms with E-state index in [4.69, 9.17) is 0 Å². The van der Waals surface area contributed by atoms with Gasteiger partial charge < -0.3 is 10.6 Å². The number of rotatable bonds is 1. The average Bonchev–Trinajstić information content (AvgIpc) is 2.25. The van der Waals surface area contributed by atoms with Gasteiger partial charge in [0.2, 0.25) is 0 Å². The highest BCUT2D eigenvalue weighted by Gasteiger charge is 2.38. The fraction of sp³-hybridized carbons (Fsp3) is 0.417. The Morgan fingerprint density at radius 2 is 1.94 bits per heavy atom. The van der Waals surface area contributed by atoms with Crippen LogP contribution in [0.5, 0.6) is 0 Å². The maximum atomic E-state index is 12.9. The number of carbonyl (C=O) groups excluding carboxylic acids is 1. The SMILES string of the molecule is CC(C)C1NC(=O)Nc2c1cccc2C(F)(F)F. The molecule has 1 aromatic rings. The monoisotopic (exact) mass is 258 g/mol. The van der Waals surface area contributed by atoms with Crippen LogP contribution in [0.3, 0.4) is 0 Å². The maximum absolute atomic E-state index is 12.9. The number of anilines is 1. The van der Waals surface area contributed by atoms with Gasteiger partial charge in [-0.15, -0.1) is 0 Å². The number of alkyl halides is 3. The molecule has 1 aromatic carbocycles. The van der Waals surface area contributed by atoms with Crippen LogP contribution >= 0.6 is 0 Å². The Kier molecular flexibility index (Phi) is 2.96. The quantitative estimate of drug-likeness (QED) is 0.794. The molecule has 0 aliphatic carbocycles. The third-order valence-electron chi connectivity index (χ3n) is 2.93. The lowest BCUT2D eigenvalue weighted by Crippen LogP contribution is -2.40. The third kappa shape index (κ3) is 2.14. The molecule has 0 saturated heterocycles. The summed E-state index contributed by atoms with van der Waals surface area (Å²) in [5, 5.41) is 4.88. The van der Waals surface area contributed by atoms with Gasteiger partial charge in [0, 0.05) is 0 Å². The topological polar surface area (TPSA) is 41.1 Å². The molecule has 1 heterocycles. The summed E-state index contributed by atoms with van der Waals surface area (Å²) >= 11 is 0. The van der Waals surface area contributed by atoms with Gasteiger partial charge in [0.05, 0.1) is 17.3 Å². The van der Waals surface area contributed by atoms with Crippen LogP contribution in [-0.2, 0) is 6.18 Å². The van der Waals surface area contributed by atoms with E-state index in [0.29, 0.717) is 5.56 Å². The van der Waals surface area contributed by atoms with Gasteiger partial charge in [-0.05, 0) is 17.5 Å². The molecule has 0 aromatic heterocycles. The summed E-state index contributed by atoms with van der Waals surface area (Å²) in [7, 11) is 0. The largest absolute Gasteiger partial charge is 0.418 e. The number of hydrogen-bond acceptors (Lipinski definition) is 1. The lowest BCUT2D eigenvalue weighted by molar-refractivity contribution is -0.137. The smallest absolute Gasteiger partial charge is 0.331 e. The van der Waals surface area contributed by atoms with Crippen molar-refractivity contribution in [1.29, 1.82) is 0 Å². The fourth-order valence-corrected chi connectivity index (χ4v) is 2.10. The second-order valence-electron chi connectivity index (χ2n) is 4.59. The molecule has 0 bridgehead atoms. The third-order valence-corrected chi connectivity index (χ3v) is 2.93. The van der Waals surface area contributed by atoms with Crippen LogP contribution in [0.2, 0.25) is 0 Å². The van der Waals surface area contributed by atoms with Crippen molar-refractivity contribution in [1.82, 2.24) is 5.32 Å². The van der Waals surface area contributed by atoms with Gasteiger partial charge in [0.1, 0.15) is 0 Å².